The molecule has 0 spiro atoms. The highest BCUT2D eigenvalue weighted by molar-refractivity contribution is 6.46. The van der Waals surface area contributed by atoms with Crippen molar-refractivity contribution in [1.29, 1.82) is 0 Å². The summed E-state index contributed by atoms with van der Waals surface area (Å²) in [6.45, 7) is 0.559. The van der Waals surface area contributed by atoms with Crippen LogP contribution < -0.4 is 4.74 Å². The van der Waals surface area contributed by atoms with E-state index < -0.39 is 29.3 Å². The molecule has 0 aromatic heterocycles. The number of nitrogens with zero attached hydrogens (tertiary/aromatic N) is 1. The van der Waals surface area contributed by atoms with Crippen molar-refractivity contribution in [2.45, 2.75) is 12.5 Å². The van der Waals surface area contributed by atoms with E-state index in [2.05, 4.69) is 0 Å². The summed E-state index contributed by atoms with van der Waals surface area (Å²) in [6, 6.07) is 8.63. The number of carbonyl (C=O) groups excluding carboxylic acids is 2. The number of ether oxygens (including phenoxy) is 2. The van der Waals surface area contributed by atoms with E-state index in [-0.39, 0.29) is 29.2 Å². The van der Waals surface area contributed by atoms with Gasteiger partial charge in [-0.1, -0.05) is 12.1 Å². The number of likely N-dealkylation sites (tertiary alicyclic amines) is 1. The van der Waals surface area contributed by atoms with Crippen LogP contribution in [0.25, 0.3) is 5.76 Å². The first-order valence-electron chi connectivity index (χ1n) is 9.29. The molecule has 0 saturated carbocycles. The fraction of sp³-hybridized carbons (Fsp3) is 0.273. The number of amides is 1. The molecule has 1 saturated heterocycles. The maximum atomic E-state index is 13.9. The molecule has 1 heterocycles. The number of phenols is 1. The Morgan fingerprint density at radius 3 is 2.60 bits per heavy atom. The minimum Gasteiger partial charge on any atom is -0.508 e. The highest BCUT2D eigenvalue weighted by Gasteiger charge is 2.46. The number of methoxy groups -OCH3 is 2. The first-order chi connectivity index (χ1) is 14.4. The van der Waals surface area contributed by atoms with E-state index in [0.29, 0.717) is 18.6 Å². The lowest BCUT2D eigenvalue weighted by Crippen LogP contribution is -2.31. The number of Topliss-reactive ketones (excluding diaryl/α,β-unsaturated/α-hetero) is 1. The molecule has 1 atom stereocenters. The van der Waals surface area contributed by atoms with Crippen LogP contribution in [-0.2, 0) is 14.3 Å². The molecule has 1 aliphatic rings. The van der Waals surface area contributed by atoms with Crippen LogP contribution >= 0.6 is 0 Å². The van der Waals surface area contributed by atoms with Crippen LogP contribution in [0.15, 0.2) is 48.0 Å². The van der Waals surface area contributed by atoms with E-state index in [1.807, 2.05) is 0 Å². The summed E-state index contributed by atoms with van der Waals surface area (Å²) < 4.78 is 24.1. The quantitative estimate of drug-likeness (QED) is 0.312. The minimum atomic E-state index is -0.957. The van der Waals surface area contributed by atoms with E-state index in [9.17, 15) is 24.2 Å². The van der Waals surface area contributed by atoms with Gasteiger partial charge in [0.05, 0.1) is 24.3 Å². The predicted molar refractivity (Wildman–Crippen MR) is 107 cm³/mol. The van der Waals surface area contributed by atoms with E-state index in [1.54, 1.807) is 12.1 Å². The highest BCUT2D eigenvalue weighted by Crippen LogP contribution is 2.41. The molecule has 1 unspecified atom stereocenters. The fourth-order valence-electron chi connectivity index (χ4n) is 3.54. The van der Waals surface area contributed by atoms with E-state index >= 15 is 0 Å². The lowest BCUT2D eigenvalue weighted by molar-refractivity contribution is -0.140. The zero-order chi connectivity index (χ0) is 21.8. The standard InChI is InChI=1S/C22H22FNO6/c1-29-10-4-9-24-19(13-5-3-6-15(25)11-13)18(21(27)22(24)28)20(26)16-12-14(23)7-8-17(16)30-2/h3,5-8,11-12,19,25-26H,4,9-10H2,1-2H3/b20-18+. The van der Waals surface area contributed by atoms with Crippen LogP contribution in [0.3, 0.4) is 0 Å². The van der Waals surface area contributed by atoms with Crippen molar-refractivity contribution < 1.29 is 33.7 Å². The van der Waals surface area contributed by atoms with Gasteiger partial charge >= 0.3 is 0 Å². The summed E-state index contributed by atoms with van der Waals surface area (Å²) in [6.07, 6.45) is 0.460. The summed E-state index contributed by atoms with van der Waals surface area (Å²) in [7, 11) is 2.87. The van der Waals surface area contributed by atoms with Gasteiger partial charge in [0.25, 0.3) is 11.7 Å². The summed E-state index contributed by atoms with van der Waals surface area (Å²) in [5.74, 6) is -2.79. The number of aliphatic hydroxyl groups is 1. The highest BCUT2D eigenvalue weighted by atomic mass is 19.1. The number of halogens is 1. The van der Waals surface area contributed by atoms with Gasteiger partial charge in [-0.15, -0.1) is 0 Å². The molecular formula is C22H22FNO6. The first-order valence-corrected chi connectivity index (χ1v) is 9.29. The molecule has 2 aromatic rings. The molecule has 1 fully saturated rings. The number of hydrogen-bond donors (Lipinski definition) is 2. The van der Waals surface area contributed by atoms with Gasteiger partial charge in [0.2, 0.25) is 0 Å². The fourth-order valence-corrected chi connectivity index (χ4v) is 3.54. The lowest BCUT2D eigenvalue weighted by atomic mass is 9.94. The smallest absolute Gasteiger partial charge is 0.295 e. The topological polar surface area (TPSA) is 96.3 Å². The lowest BCUT2D eigenvalue weighted by Gasteiger charge is -2.25. The molecule has 0 aliphatic carbocycles. The van der Waals surface area contributed by atoms with Crippen LogP contribution in [0.2, 0.25) is 0 Å². The van der Waals surface area contributed by atoms with Crippen molar-refractivity contribution >= 4 is 17.4 Å². The third kappa shape index (κ3) is 3.99. The number of hydrogen-bond acceptors (Lipinski definition) is 6. The molecular weight excluding hydrogens is 393 g/mol. The van der Waals surface area contributed by atoms with Gasteiger partial charge in [-0.05, 0) is 42.3 Å². The average molecular weight is 415 g/mol. The third-order valence-electron chi connectivity index (χ3n) is 4.89. The SMILES string of the molecule is COCCCN1C(=O)C(=O)/C(=C(/O)c2cc(F)ccc2OC)C1c1cccc(O)c1. The third-order valence-corrected chi connectivity index (χ3v) is 4.89. The van der Waals surface area contributed by atoms with Gasteiger partial charge < -0.3 is 24.6 Å². The summed E-state index contributed by atoms with van der Waals surface area (Å²) in [4.78, 5) is 27.0. The summed E-state index contributed by atoms with van der Waals surface area (Å²) in [5, 5.41) is 20.9. The van der Waals surface area contributed by atoms with Gasteiger partial charge in [0, 0.05) is 20.3 Å². The number of ketones is 1. The molecule has 3 rings (SSSR count). The zero-order valence-electron chi connectivity index (χ0n) is 16.6. The second-order valence-corrected chi connectivity index (χ2v) is 6.78. The number of carbonyl (C=O) groups is 2. The van der Waals surface area contributed by atoms with Crippen LogP contribution in [0, 0.1) is 5.82 Å². The normalized spacial score (nSPS) is 18.1. The van der Waals surface area contributed by atoms with Gasteiger partial charge in [0.1, 0.15) is 23.1 Å². The summed E-state index contributed by atoms with van der Waals surface area (Å²) >= 11 is 0. The van der Waals surface area contributed by atoms with E-state index in [1.165, 1.54) is 37.3 Å². The van der Waals surface area contributed by atoms with Gasteiger partial charge in [-0.25, -0.2) is 4.39 Å². The number of benzene rings is 2. The average Bonchev–Trinajstić information content (AvgIpc) is 2.98. The molecule has 7 nitrogen and oxygen atoms in total. The van der Waals surface area contributed by atoms with Crippen molar-refractivity contribution in [3.8, 4) is 11.5 Å². The van der Waals surface area contributed by atoms with Crippen molar-refractivity contribution in [3.05, 3.63) is 65.0 Å². The largest absolute Gasteiger partial charge is 0.508 e. The maximum Gasteiger partial charge on any atom is 0.295 e. The zero-order valence-corrected chi connectivity index (χ0v) is 16.6. The number of phenolic OH excluding ortho intramolecular Hbond substituents is 1. The Morgan fingerprint density at radius 1 is 1.17 bits per heavy atom. The van der Waals surface area contributed by atoms with Crippen molar-refractivity contribution in [1.82, 2.24) is 4.90 Å². The number of rotatable bonds is 7. The number of aliphatic hydroxyl groups excluding tert-OH is 1. The molecule has 30 heavy (non-hydrogen) atoms. The van der Waals surface area contributed by atoms with Crippen LogP contribution in [0.1, 0.15) is 23.6 Å². The Bertz CT molecular complexity index is 1000. The Balaban J connectivity index is 2.19. The van der Waals surface area contributed by atoms with E-state index in [4.69, 9.17) is 9.47 Å². The van der Waals surface area contributed by atoms with Crippen LogP contribution in [0.4, 0.5) is 4.39 Å². The molecule has 0 bridgehead atoms. The maximum absolute atomic E-state index is 13.9. The molecule has 158 valence electrons. The van der Waals surface area contributed by atoms with Gasteiger partial charge in [-0.3, -0.25) is 9.59 Å². The molecule has 2 N–H and O–H groups in total. The summed E-state index contributed by atoms with van der Waals surface area (Å²) in [5.41, 5.74) is 0.188. The number of aromatic hydroxyl groups is 1. The van der Waals surface area contributed by atoms with Crippen LogP contribution in [0.5, 0.6) is 11.5 Å². The van der Waals surface area contributed by atoms with Crippen molar-refractivity contribution in [3.63, 3.8) is 0 Å². The predicted octanol–water partition coefficient (Wildman–Crippen LogP) is 3.00. The molecule has 0 radical (unpaired) electrons. The first kappa shape index (κ1) is 21.3. The van der Waals surface area contributed by atoms with Crippen molar-refractivity contribution in [2.24, 2.45) is 0 Å². The Kier molecular flexibility index (Phi) is 6.37. The van der Waals surface area contributed by atoms with Gasteiger partial charge in [-0.2, -0.15) is 0 Å². The van der Waals surface area contributed by atoms with Gasteiger partial charge in [0.15, 0.2) is 0 Å². The molecule has 1 aliphatic heterocycles. The second kappa shape index (κ2) is 8.96. The Hall–Kier alpha value is -3.39. The molecule has 2 aromatic carbocycles. The minimum absolute atomic E-state index is 0.0439. The Labute approximate surface area is 173 Å². The molecule has 8 heteroatoms. The molecule has 1 amide bonds. The van der Waals surface area contributed by atoms with Crippen LogP contribution in [-0.4, -0.2) is 54.2 Å². The monoisotopic (exact) mass is 415 g/mol. The second-order valence-electron chi connectivity index (χ2n) is 6.78. The Morgan fingerprint density at radius 2 is 1.93 bits per heavy atom. The van der Waals surface area contributed by atoms with Crippen molar-refractivity contribution in [2.75, 3.05) is 27.4 Å². The van der Waals surface area contributed by atoms with E-state index in [0.717, 1.165) is 12.1 Å².